The van der Waals surface area contributed by atoms with Crippen LogP contribution in [-0.2, 0) is 0 Å². The van der Waals surface area contributed by atoms with Crippen molar-refractivity contribution in [2.45, 2.75) is 33.6 Å². The molecule has 0 fully saturated rings. The van der Waals surface area contributed by atoms with Crippen molar-refractivity contribution in [3.05, 3.63) is 23.4 Å². The summed E-state index contributed by atoms with van der Waals surface area (Å²) < 4.78 is 5.44. The van der Waals surface area contributed by atoms with Crippen molar-refractivity contribution in [2.24, 2.45) is 5.92 Å². The standard InChI is InChI=1S/C13H19NO3/c1-9(2)5-4-8-17-12-11(13(15)16)7-6-10(3)14-12/h6-7,9H,4-5,8H2,1-3H3,(H,15,16). The molecule has 0 amide bonds. The molecule has 1 rings (SSSR count). The van der Waals surface area contributed by atoms with Gasteiger partial charge in [0.1, 0.15) is 5.56 Å². The van der Waals surface area contributed by atoms with Crippen LogP contribution in [0.25, 0.3) is 0 Å². The summed E-state index contributed by atoms with van der Waals surface area (Å²) in [4.78, 5) is 15.1. The minimum absolute atomic E-state index is 0.125. The number of ether oxygens (including phenoxy) is 1. The highest BCUT2D eigenvalue weighted by atomic mass is 16.5. The van der Waals surface area contributed by atoms with Crippen molar-refractivity contribution >= 4 is 5.97 Å². The van der Waals surface area contributed by atoms with Gasteiger partial charge in [0.05, 0.1) is 6.61 Å². The van der Waals surface area contributed by atoms with Gasteiger partial charge in [0.15, 0.2) is 0 Å². The molecular formula is C13H19NO3. The van der Waals surface area contributed by atoms with Crippen LogP contribution in [0.3, 0.4) is 0 Å². The monoisotopic (exact) mass is 237 g/mol. The summed E-state index contributed by atoms with van der Waals surface area (Å²) in [5.74, 6) is -0.152. The molecule has 0 bridgehead atoms. The first-order valence-corrected chi connectivity index (χ1v) is 5.84. The molecule has 1 aromatic heterocycles. The van der Waals surface area contributed by atoms with Gasteiger partial charge >= 0.3 is 5.97 Å². The van der Waals surface area contributed by atoms with Gasteiger partial charge in [0, 0.05) is 5.69 Å². The molecule has 4 heteroatoms. The molecule has 94 valence electrons. The Bertz CT molecular complexity index is 388. The lowest BCUT2D eigenvalue weighted by atomic mass is 10.1. The minimum Gasteiger partial charge on any atom is -0.477 e. The number of aryl methyl sites for hydroxylation is 1. The van der Waals surface area contributed by atoms with E-state index < -0.39 is 5.97 Å². The molecule has 0 aliphatic rings. The van der Waals surface area contributed by atoms with Crippen molar-refractivity contribution in [3.8, 4) is 5.88 Å². The Hall–Kier alpha value is -1.58. The lowest BCUT2D eigenvalue weighted by Gasteiger charge is -2.09. The Labute approximate surface area is 102 Å². The van der Waals surface area contributed by atoms with E-state index in [1.54, 1.807) is 6.07 Å². The number of hydrogen-bond donors (Lipinski definition) is 1. The van der Waals surface area contributed by atoms with E-state index in [0.717, 1.165) is 18.5 Å². The quantitative estimate of drug-likeness (QED) is 0.773. The van der Waals surface area contributed by atoms with Crippen LogP contribution in [0.5, 0.6) is 5.88 Å². The second-order valence-electron chi connectivity index (χ2n) is 4.50. The molecule has 0 spiro atoms. The Morgan fingerprint density at radius 2 is 2.18 bits per heavy atom. The molecule has 1 heterocycles. The zero-order valence-corrected chi connectivity index (χ0v) is 10.6. The maximum atomic E-state index is 11.0. The summed E-state index contributed by atoms with van der Waals surface area (Å²) in [7, 11) is 0. The number of aromatic carboxylic acids is 1. The zero-order chi connectivity index (χ0) is 12.8. The molecule has 0 radical (unpaired) electrons. The third kappa shape index (κ3) is 4.43. The highest BCUT2D eigenvalue weighted by molar-refractivity contribution is 5.90. The van der Waals surface area contributed by atoms with Crippen molar-refractivity contribution < 1.29 is 14.6 Å². The smallest absolute Gasteiger partial charge is 0.341 e. The second-order valence-corrected chi connectivity index (χ2v) is 4.50. The van der Waals surface area contributed by atoms with Gasteiger partial charge < -0.3 is 9.84 Å². The van der Waals surface area contributed by atoms with E-state index in [0.29, 0.717) is 12.5 Å². The summed E-state index contributed by atoms with van der Waals surface area (Å²) in [6.45, 7) is 6.61. The predicted molar refractivity (Wildman–Crippen MR) is 65.5 cm³/mol. The number of rotatable bonds is 6. The summed E-state index contributed by atoms with van der Waals surface area (Å²) in [6, 6.07) is 3.20. The molecule has 0 atom stereocenters. The van der Waals surface area contributed by atoms with Crippen LogP contribution in [0.15, 0.2) is 12.1 Å². The molecule has 1 aromatic rings. The molecule has 0 unspecified atom stereocenters. The summed E-state index contributed by atoms with van der Waals surface area (Å²) in [6.07, 6.45) is 1.97. The van der Waals surface area contributed by atoms with Gasteiger partial charge in [-0.05, 0) is 37.8 Å². The average molecular weight is 237 g/mol. The molecule has 0 aromatic carbocycles. The molecule has 0 saturated heterocycles. The number of carbonyl (C=O) groups is 1. The Kier molecular flexibility index (Phi) is 4.94. The fourth-order valence-corrected chi connectivity index (χ4v) is 1.47. The Morgan fingerprint density at radius 1 is 1.47 bits per heavy atom. The lowest BCUT2D eigenvalue weighted by Crippen LogP contribution is -2.07. The van der Waals surface area contributed by atoms with Gasteiger partial charge in [0.25, 0.3) is 0 Å². The van der Waals surface area contributed by atoms with Crippen LogP contribution in [-0.4, -0.2) is 22.7 Å². The molecule has 4 nitrogen and oxygen atoms in total. The first-order chi connectivity index (χ1) is 8.00. The van der Waals surface area contributed by atoms with Crippen LogP contribution in [0.2, 0.25) is 0 Å². The minimum atomic E-state index is -1.00. The van der Waals surface area contributed by atoms with Crippen molar-refractivity contribution in [2.75, 3.05) is 6.61 Å². The van der Waals surface area contributed by atoms with Gasteiger partial charge in [-0.2, -0.15) is 0 Å². The van der Waals surface area contributed by atoms with Gasteiger partial charge in [0.2, 0.25) is 5.88 Å². The van der Waals surface area contributed by atoms with Crippen LogP contribution in [0.1, 0.15) is 42.7 Å². The predicted octanol–water partition coefficient (Wildman–Crippen LogP) is 2.90. The number of carboxylic acid groups (broad SMARTS) is 1. The van der Waals surface area contributed by atoms with E-state index in [4.69, 9.17) is 9.84 Å². The van der Waals surface area contributed by atoms with Crippen LogP contribution < -0.4 is 4.74 Å². The number of aromatic nitrogens is 1. The van der Waals surface area contributed by atoms with E-state index in [1.807, 2.05) is 6.92 Å². The van der Waals surface area contributed by atoms with E-state index >= 15 is 0 Å². The van der Waals surface area contributed by atoms with E-state index in [9.17, 15) is 4.79 Å². The van der Waals surface area contributed by atoms with Crippen molar-refractivity contribution in [1.29, 1.82) is 0 Å². The molecule has 1 N–H and O–H groups in total. The average Bonchev–Trinajstić information content (AvgIpc) is 2.23. The second kappa shape index (κ2) is 6.23. The summed E-state index contributed by atoms with van der Waals surface area (Å²) in [5, 5.41) is 8.98. The normalized spacial score (nSPS) is 10.6. The number of pyridine rings is 1. The van der Waals surface area contributed by atoms with Crippen LogP contribution in [0, 0.1) is 12.8 Å². The molecule has 0 aliphatic heterocycles. The molecular weight excluding hydrogens is 218 g/mol. The van der Waals surface area contributed by atoms with E-state index in [-0.39, 0.29) is 11.4 Å². The molecule has 0 saturated carbocycles. The number of hydrogen-bond acceptors (Lipinski definition) is 3. The Balaban J connectivity index is 2.62. The maximum Gasteiger partial charge on any atom is 0.341 e. The third-order valence-corrected chi connectivity index (χ3v) is 2.39. The topological polar surface area (TPSA) is 59.4 Å². The van der Waals surface area contributed by atoms with E-state index in [1.165, 1.54) is 6.07 Å². The van der Waals surface area contributed by atoms with Crippen molar-refractivity contribution in [1.82, 2.24) is 4.98 Å². The first-order valence-electron chi connectivity index (χ1n) is 5.84. The highest BCUT2D eigenvalue weighted by Crippen LogP contribution is 2.16. The highest BCUT2D eigenvalue weighted by Gasteiger charge is 2.12. The SMILES string of the molecule is Cc1ccc(C(=O)O)c(OCCCC(C)C)n1. The lowest BCUT2D eigenvalue weighted by molar-refractivity contribution is 0.0691. The number of nitrogens with zero attached hydrogens (tertiary/aromatic N) is 1. The zero-order valence-electron chi connectivity index (χ0n) is 10.6. The number of carboxylic acids is 1. The van der Waals surface area contributed by atoms with Crippen LogP contribution >= 0.6 is 0 Å². The first kappa shape index (κ1) is 13.5. The van der Waals surface area contributed by atoms with Gasteiger partial charge in [-0.3, -0.25) is 0 Å². The van der Waals surface area contributed by atoms with E-state index in [2.05, 4.69) is 18.8 Å². The van der Waals surface area contributed by atoms with Crippen LogP contribution in [0.4, 0.5) is 0 Å². The summed E-state index contributed by atoms with van der Waals surface area (Å²) >= 11 is 0. The molecule has 17 heavy (non-hydrogen) atoms. The summed E-state index contributed by atoms with van der Waals surface area (Å²) in [5.41, 5.74) is 0.883. The third-order valence-electron chi connectivity index (χ3n) is 2.39. The fraction of sp³-hybridized carbons (Fsp3) is 0.538. The largest absolute Gasteiger partial charge is 0.477 e. The van der Waals surface area contributed by atoms with Gasteiger partial charge in [-0.25, -0.2) is 9.78 Å². The van der Waals surface area contributed by atoms with Gasteiger partial charge in [-0.15, -0.1) is 0 Å². The Morgan fingerprint density at radius 3 is 2.76 bits per heavy atom. The molecule has 0 aliphatic carbocycles. The van der Waals surface area contributed by atoms with Crippen molar-refractivity contribution in [3.63, 3.8) is 0 Å². The maximum absolute atomic E-state index is 11.0. The fourth-order valence-electron chi connectivity index (χ4n) is 1.47. The van der Waals surface area contributed by atoms with Gasteiger partial charge in [-0.1, -0.05) is 13.8 Å².